The average Bonchev–Trinajstić information content (AvgIpc) is 3.19. The monoisotopic (exact) mass is 651 g/mol. The van der Waals surface area contributed by atoms with Gasteiger partial charge in [0.2, 0.25) is 0 Å². The molecule has 10 heteroatoms. The third-order valence-electron chi connectivity index (χ3n) is 9.94. The molecule has 9 nitrogen and oxygen atoms in total. The van der Waals surface area contributed by atoms with E-state index in [1.165, 1.54) is 11.8 Å². The highest BCUT2D eigenvalue weighted by Crippen LogP contribution is 2.47. The number of ether oxygens (including phenoxy) is 4. The van der Waals surface area contributed by atoms with Gasteiger partial charge in [-0.25, -0.2) is 0 Å². The fourth-order valence-corrected chi connectivity index (χ4v) is 8.21. The molecule has 250 valence electrons. The third-order valence-corrected chi connectivity index (χ3v) is 14.4. The lowest BCUT2D eigenvalue weighted by Crippen LogP contribution is -2.69. The summed E-state index contributed by atoms with van der Waals surface area (Å²) in [6.45, 7) is 18.0. The van der Waals surface area contributed by atoms with Gasteiger partial charge in [0.05, 0.1) is 19.8 Å². The van der Waals surface area contributed by atoms with Crippen LogP contribution in [0.4, 0.5) is 0 Å². The van der Waals surface area contributed by atoms with Crippen molar-refractivity contribution in [3.8, 4) is 0 Å². The topological polar surface area (TPSA) is 101 Å². The first-order valence-electron chi connectivity index (χ1n) is 16.0. The summed E-state index contributed by atoms with van der Waals surface area (Å²) in [7, 11) is -2.63. The molecule has 2 aliphatic rings. The number of benzene rings is 2. The molecular weight excluding hydrogens is 602 g/mol. The molecule has 4 rings (SSSR count). The van der Waals surface area contributed by atoms with Crippen molar-refractivity contribution in [1.29, 1.82) is 0 Å². The minimum atomic E-state index is -2.63. The second-order valence-corrected chi connectivity index (χ2v) is 18.1. The third kappa shape index (κ3) is 7.69. The standard InChI is InChI=1S/C36H49NO8Si/c1-23(2)36(6,7)46(8,9)45-35-30(37-33(39)24(3)25(4)34(37)40)32(42-21-28-18-14-11-15-19-28)31(43-26(5)38)29(44-35)22-41-20-27-16-12-10-13-17-27/h10-19,23,29-32,35H,20-22H2,1-9H3/t29-,30-,31-,32-,35+/m1/s1. The molecule has 2 aromatic rings. The smallest absolute Gasteiger partial charge is 0.303 e. The van der Waals surface area contributed by atoms with Gasteiger partial charge in [-0.2, -0.15) is 0 Å². The SMILES string of the molecule is CC(=O)O[C@H]1[C@H](OCc2ccccc2)[C@@H](N2C(=O)C(C)=C(C)C2=O)[C@H](O[Si](C)(C)C(C)(C)C(C)C)O[C@@H]1COCc1ccccc1. The zero-order valence-corrected chi connectivity index (χ0v) is 29.6. The van der Waals surface area contributed by atoms with Crippen molar-refractivity contribution < 1.29 is 37.8 Å². The molecule has 0 unspecified atom stereocenters. The number of hydrogen-bond acceptors (Lipinski definition) is 8. The van der Waals surface area contributed by atoms with Gasteiger partial charge in [-0.05, 0) is 49.0 Å². The fourth-order valence-electron chi connectivity index (χ4n) is 5.74. The molecule has 5 atom stereocenters. The quantitative estimate of drug-likeness (QED) is 0.144. The molecule has 2 heterocycles. The van der Waals surface area contributed by atoms with E-state index in [2.05, 4.69) is 40.8 Å². The van der Waals surface area contributed by atoms with Crippen LogP contribution in [0.5, 0.6) is 0 Å². The summed E-state index contributed by atoms with van der Waals surface area (Å²) < 4.78 is 32.4. The fraction of sp³-hybridized carbons (Fsp3) is 0.528. The van der Waals surface area contributed by atoms with E-state index in [1.807, 2.05) is 60.7 Å². The lowest BCUT2D eigenvalue weighted by atomic mass is 9.94. The van der Waals surface area contributed by atoms with Gasteiger partial charge < -0.3 is 23.4 Å². The summed E-state index contributed by atoms with van der Waals surface area (Å²) in [4.78, 5) is 41.3. The molecule has 2 aliphatic heterocycles. The molecule has 46 heavy (non-hydrogen) atoms. The van der Waals surface area contributed by atoms with E-state index < -0.39 is 56.7 Å². The highest BCUT2D eigenvalue weighted by atomic mass is 28.4. The highest BCUT2D eigenvalue weighted by Gasteiger charge is 2.58. The van der Waals surface area contributed by atoms with E-state index in [0.717, 1.165) is 11.1 Å². The van der Waals surface area contributed by atoms with E-state index in [9.17, 15) is 14.4 Å². The lowest BCUT2D eigenvalue weighted by Gasteiger charge is -2.52. The van der Waals surface area contributed by atoms with E-state index in [-0.39, 0.29) is 24.2 Å². The number of hydrogen-bond donors (Lipinski definition) is 0. The number of imide groups is 1. The van der Waals surface area contributed by atoms with Gasteiger partial charge in [-0.3, -0.25) is 19.3 Å². The summed E-state index contributed by atoms with van der Waals surface area (Å²) >= 11 is 0. The molecule has 0 bridgehead atoms. The average molecular weight is 652 g/mol. The number of nitrogens with zero attached hydrogens (tertiary/aromatic N) is 1. The Balaban J connectivity index is 1.79. The maximum absolute atomic E-state index is 13.8. The van der Waals surface area contributed by atoms with Gasteiger partial charge >= 0.3 is 5.97 Å². The van der Waals surface area contributed by atoms with Crippen LogP contribution >= 0.6 is 0 Å². The normalized spacial score (nSPS) is 24.2. The number of carbonyl (C=O) groups excluding carboxylic acids is 3. The van der Waals surface area contributed by atoms with Crippen molar-refractivity contribution in [2.75, 3.05) is 6.61 Å². The van der Waals surface area contributed by atoms with Gasteiger partial charge in [0.15, 0.2) is 20.7 Å². The molecule has 1 fully saturated rings. The summed E-state index contributed by atoms with van der Waals surface area (Å²) in [5.41, 5.74) is 2.55. The van der Waals surface area contributed by atoms with Crippen LogP contribution in [0.25, 0.3) is 0 Å². The molecular formula is C36H49NO8Si. The van der Waals surface area contributed by atoms with Crippen molar-refractivity contribution >= 4 is 26.1 Å². The Morgan fingerprint density at radius 3 is 1.91 bits per heavy atom. The Morgan fingerprint density at radius 1 is 0.891 bits per heavy atom. The van der Waals surface area contributed by atoms with E-state index in [0.29, 0.717) is 17.8 Å². The van der Waals surface area contributed by atoms with Crippen molar-refractivity contribution in [3.63, 3.8) is 0 Å². The van der Waals surface area contributed by atoms with Gasteiger partial charge in [0.25, 0.3) is 11.8 Å². The van der Waals surface area contributed by atoms with E-state index in [4.69, 9.17) is 23.4 Å². The van der Waals surface area contributed by atoms with E-state index >= 15 is 0 Å². The summed E-state index contributed by atoms with van der Waals surface area (Å²) in [5.74, 6) is -1.16. The van der Waals surface area contributed by atoms with Crippen LogP contribution in [0, 0.1) is 5.92 Å². The van der Waals surface area contributed by atoms with Crippen LogP contribution in [-0.4, -0.2) is 68.3 Å². The van der Waals surface area contributed by atoms with Gasteiger partial charge in [0.1, 0.15) is 18.2 Å². The minimum Gasteiger partial charge on any atom is -0.457 e. The second-order valence-electron chi connectivity index (χ2n) is 13.6. The predicted octanol–water partition coefficient (Wildman–Crippen LogP) is 6.18. The first kappa shape index (κ1) is 35.7. The van der Waals surface area contributed by atoms with Crippen LogP contribution in [0.1, 0.15) is 59.6 Å². The Kier molecular flexibility index (Phi) is 11.4. The predicted molar refractivity (Wildman–Crippen MR) is 177 cm³/mol. The molecule has 0 spiro atoms. The minimum absolute atomic E-state index is 0.0539. The highest BCUT2D eigenvalue weighted by molar-refractivity contribution is 6.74. The first-order valence-corrected chi connectivity index (χ1v) is 18.9. The summed E-state index contributed by atoms with van der Waals surface area (Å²) in [5, 5.41) is -0.212. The van der Waals surface area contributed by atoms with Crippen molar-refractivity contribution in [3.05, 3.63) is 82.9 Å². The molecule has 0 saturated carbocycles. The van der Waals surface area contributed by atoms with Gasteiger partial charge in [0, 0.05) is 18.1 Å². The molecule has 0 N–H and O–H groups in total. The number of rotatable bonds is 13. The Bertz CT molecular complexity index is 1380. The molecule has 0 aromatic heterocycles. The van der Waals surface area contributed by atoms with Gasteiger partial charge in [-0.15, -0.1) is 0 Å². The first-order chi connectivity index (χ1) is 21.7. The van der Waals surface area contributed by atoms with Crippen LogP contribution in [0.15, 0.2) is 71.8 Å². The van der Waals surface area contributed by atoms with Crippen LogP contribution in [0.3, 0.4) is 0 Å². The van der Waals surface area contributed by atoms with Gasteiger partial charge in [-0.1, -0.05) is 88.4 Å². The Morgan fingerprint density at radius 2 is 1.41 bits per heavy atom. The largest absolute Gasteiger partial charge is 0.457 e. The Labute approximate surface area is 274 Å². The lowest BCUT2D eigenvalue weighted by molar-refractivity contribution is -0.278. The Hall–Kier alpha value is -3.15. The van der Waals surface area contributed by atoms with Crippen LogP contribution in [0.2, 0.25) is 18.1 Å². The zero-order chi connectivity index (χ0) is 33.8. The second kappa shape index (κ2) is 14.7. The molecule has 0 radical (unpaired) electrons. The maximum atomic E-state index is 13.8. The summed E-state index contributed by atoms with van der Waals surface area (Å²) in [6.07, 6.45) is -3.87. The number of carbonyl (C=O) groups is 3. The van der Waals surface area contributed by atoms with Crippen LogP contribution in [-0.2, 0) is 51.0 Å². The molecule has 1 saturated heterocycles. The van der Waals surface area contributed by atoms with Crippen molar-refractivity contribution in [2.24, 2.45) is 5.92 Å². The molecule has 2 aromatic carbocycles. The zero-order valence-electron chi connectivity index (χ0n) is 28.6. The number of esters is 1. The van der Waals surface area contributed by atoms with Crippen molar-refractivity contribution in [2.45, 2.75) is 110 Å². The maximum Gasteiger partial charge on any atom is 0.303 e. The number of amides is 2. The molecule has 0 aliphatic carbocycles. The summed E-state index contributed by atoms with van der Waals surface area (Å²) in [6, 6.07) is 18.3. The molecule has 2 amide bonds. The van der Waals surface area contributed by atoms with E-state index in [1.54, 1.807) is 13.8 Å². The van der Waals surface area contributed by atoms with Crippen LogP contribution < -0.4 is 0 Å². The van der Waals surface area contributed by atoms with Crippen molar-refractivity contribution in [1.82, 2.24) is 4.90 Å².